The summed E-state index contributed by atoms with van der Waals surface area (Å²) < 4.78 is 38.3. The molecule has 3 nitrogen and oxygen atoms in total. The molecule has 1 heterocycles. The van der Waals surface area contributed by atoms with Gasteiger partial charge in [-0.1, -0.05) is 0 Å². The Morgan fingerprint density at radius 1 is 1.20 bits per heavy atom. The minimum Gasteiger partial charge on any atom is -0.398 e. The smallest absolute Gasteiger partial charge is 0.398 e. The minimum absolute atomic E-state index is 0.281. The van der Waals surface area contributed by atoms with E-state index in [1.165, 1.54) is 4.90 Å². The molecule has 108 valence electrons. The van der Waals surface area contributed by atoms with Crippen molar-refractivity contribution in [3.63, 3.8) is 0 Å². The van der Waals surface area contributed by atoms with Crippen molar-refractivity contribution < 1.29 is 13.2 Å². The predicted molar refractivity (Wildman–Crippen MR) is 74.7 cm³/mol. The molecule has 0 amide bonds. The molecule has 0 radical (unpaired) electrons. The van der Waals surface area contributed by atoms with Crippen LogP contribution >= 0.6 is 0 Å². The third kappa shape index (κ3) is 2.95. The number of halogens is 3. The Bertz CT molecular complexity index is 608. The molecule has 0 saturated carbocycles. The number of rotatable bonds is 3. The number of hydrogen-bond acceptors (Lipinski definition) is 3. The maximum absolute atomic E-state index is 12.8. The Morgan fingerprint density at radius 3 is 2.50 bits per heavy atom. The zero-order valence-electron chi connectivity index (χ0n) is 11.3. The Kier molecular flexibility index (Phi) is 3.74. The summed E-state index contributed by atoms with van der Waals surface area (Å²) in [6, 6.07) is 4.65. The van der Waals surface area contributed by atoms with Crippen LogP contribution in [0.5, 0.6) is 0 Å². The Hall–Kier alpha value is -1.98. The minimum atomic E-state index is -4.26. The molecule has 0 saturated heterocycles. The van der Waals surface area contributed by atoms with E-state index < -0.39 is 12.7 Å². The first-order chi connectivity index (χ1) is 9.29. The number of fused-ring (bicyclic) bond motifs is 1. The lowest BCUT2D eigenvalue weighted by Gasteiger charge is -2.31. The molecule has 1 aromatic heterocycles. The van der Waals surface area contributed by atoms with E-state index in [9.17, 15) is 13.2 Å². The molecule has 0 aliphatic heterocycles. The lowest BCUT2D eigenvalue weighted by atomic mass is 10.1. The van der Waals surface area contributed by atoms with Gasteiger partial charge < -0.3 is 10.6 Å². The first kappa shape index (κ1) is 14.4. The Labute approximate surface area is 115 Å². The van der Waals surface area contributed by atoms with Crippen LogP contribution in [-0.2, 0) is 0 Å². The largest absolute Gasteiger partial charge is 0.405 e. The quantitative estimate of drug-likeness (QED) is 0.875. The Balaban J connectivity index is 2.57. The van der Waals surface area contributed by atoms with Crippen molar-refractivity contribution in [3.8, 4) is 0 Å². The third-order valence-corrected chi connectivity index (χ3v) is 3.11. The van der Waals surface area contributed by atoms with Gasteiger partial charge in [0.1, 0.15) is 6.54 Å². The van der Waals surface area contributed by atoms with E-state index in [0.717, 1.165) is 0 Å². The van der Waals surface area contributed by atoms with Crippen LogP contribution in [0.1, 0.15) is 13.8 Å². The van der Waals surface area contributed by atoms with Crippen LogP contribution in [0.4, 0.5) is 24.5 Å². The second-order valence-corrected chi connectivity index (χ2v) is 4.93. The zero-order chi connectivity index (χ0) is 14.9. The second-order valence-electron chi connectivity index (χ2n) is 4.93. The SMILES string of the molecule is CC(C)N(CC(F)(F)F)c1ccc(N)c2cnccc12. The topological polar surface area (TPSA) is 42.1 Å². The lowest BCUT2D eigenvalue weighted by molar-refractivity contribution is -0.120. The maximum Gasteiger partial charge on any atom is 0.405 e. The molecule has 20 heavy (non-hydrogen) atoms. The second kappa shape index (κ2) is 5.19. The fraction of sp³-hybridized carbons (Fsp3) is 0.357. The monoisotopic (exact) mass is 283 g/mol. The van der Waals surface area contributed by atoms with Crippen molar-refractivity contribution in [1.82, 2.24) is 4.98 Å². The first-order valence-electron chi connectivity index (χ1n) is 6.25. The van der Waals surface area contributed by atoms with Crippen LogP contribution < -0.4 is 10.6 Å². The van der Waals surface area contributed by atoms with E-state index in [4.69, 9.17) is 5.73 Å². The molecule has 2 N–H and O–H groups in total. The highest BCUT2D eigenvalue weighted by molar-refractivity contribution is 6.00. The van der Waals surface area contributed by atoms with Gasteiger partial charge in [0, 0.05) is 40.6 Å². The van der Waals surface area contributed by atoms with Gasteiger partial charge in [-0.3, -0.25) is 4.98 Å². The van der Waals surface area contributed by atoms with Gasteiger partial charge in [0.05, 0.1) is 0 Å². The van der Waals surface area contributed by atoms with Crippen molar-refractivity contribution in [1.29, 1.82) is 0 Å². The molecule has 0 atom stereocenters. The maximum atomic E-state index is 12.8. The van der Waals surface area contributed by atoms with Gasteiger partial charge in [-0.2, -0.15) is 13.2 Å². The normalized spacial score (nSPS) is 12.1. The summed E-state index contributed by atoms with van der Waals surface area (Å²) in [5.41, 5.74) is 6.87. The molecule has 0 bridgehead atoms. The number of alkyl halides is 3. The van der Waals surface area contributed by atoms with E-state index in [-0.39, 0.29) is 6.04 Å². The van der Waals surface area contributed by atoms with Crippen LogP contribution in [0.3, 0.4) is 0 Å². The molecule has 6 heteroatoms. The Morgan fingerprint density at radius 2 is 1.90 bits per heavy atom. The van der Waals surface area contributed by atoms with Gasteiger partial charge in [-0.15, -0.1) is 0 Å². The number of nitrogen functional groups attached to an aromatic ring is 1. The van der Waals surface area contributed by atoms with Crippen LogP contribution in [0.25, 0.3) is 10.8 Å². The molecule has 0 unspecified atom stereocenters. The number of nitrogens with zero attached hydrogens (tertiary/aromatic N) is 2. The number of anilines is 2. The van der Waals surface area contributed by atoms with Crippen LogP contribution in [0.2, 0.25) is 0 Å². The average Bonchev–Trinajstić information content (AvgIpc) is 2.36. The molecule has 0 aliphatic rings. The van der Waals surface area contributed by atoms with Gasteiger partial charge in [-0.05, 0) is 32.0 Å². The van der Waals surface area contributed by atoms with E-state index >= 15 is 0 Å². The number of benzene rings is 1. The van der Waals surface area contributed by atoms with E-state index in [1.807, 2.05) is 0 Å². The summed E-state index contributed by atoms with van der Waals surface area (Å²) >= 11 is 0. The van der Waals surface area contributed by atoms with Crippen molar-refractivity contribution in [3.05, 3.63) is 30.6 Å². The summed E-state index contributed by atoms with van der Waals surface area (Å²) in [4.78, 5) is 5.29. The molecule has 0 fully saturated rings. The highest BCUT2D eigenvalue weighted by atomic mass is 19.4. The van der Waals surface area contributed by atoms with Gasteiger partial charge in [0.25, 0.3) is 0 Å². The fourth-order valence-electron chi connectivity index (χ4n) is 2.19. The highest BCUT2D eigenvalue weighted by Gasteiger charge is 2.32. The summed E-state index contributed by atoms with van der Waals surface area (Å²) in [5, 5.41) is 1.34. The standard InChI is InChI=1S/C14H16F3N3/c1-9(2)20(8-14(15,16)17)13-4-3-12(18)11-7-19-6-5-10(11)13/h3-7,9H,8,18H2,1-2H3. The summed E-state index contributed by atoms with van der Waals surface area (Å²) in [5.74, 6) is 0. The van der Waals surface area contributed by atoms with E-state index in [1.54, 1.807) is 44.4 Å². The molecular weight excluding hydrogens is 267 g/mol. The van der Waals surface area contributed by atoms with Gasteiger partial charge in [0.2, 0.25) is 0 Å². The van der Waals surface area contributed by atoms with E-state index in [2.05, 4.69) is 4.98 Å². The first-order valence-corrected chi connectivity index (χ1v) is 6.25. The summed E-state index contributed by atoms with van der Waals surface area (Å²) in [6.45, 7) is 2.47. The molecule has 2 rings (SSSR count). The molecule has 1 aromatic carbocycles. The van der Waals surface area contributed by atoms with Gasteiger partial charge in [-0.25, -0.2) is 0 Å². The molecule has 0 spiro atoms. The average molecular weight is 283 g/mol. The summed E-state index contributed by atoms with van der Waals surface area (Å²) in [6.07, 6.45) is -1.14. The number of aromatic nitrogens is 1. The number of nitrogens with two attached hydrogens (primary N) is 1. The van der Waals surface area contributed by atoms with E-state index in [0.29, 0.717) is 22.1 Å². The number of pyridine rings is 1. The highest BCUT2D eigenvalue weighted by Crippen LogP contribution is 2.33. The molecule has 2 aromatic rings. The third-order valence-electron chi connectivity index (χ3n) is 3.11. The predicted octanol–water partition coefficient (Wildman–Crippen LogP) is 3.59. The van der Waals surface area contributed by atoms with Crippen LogP contribution in [0.15, 0.2) is 30.6 Å². The summed E-state index contributed by atoms with van der Waals surface area (Å²) in [7, 11) is 0. The van der Waals surface area contributed by atoms with Gasteiger partial charge in [0.15, 0.2) is 0 Å². The van der Waals surface area contributed by atoms with Crippen molar-refractivity contribution in [2.24, 2.45) is 0 Å². The lowest BCUT2D eigenvalue weighted by Crippen LogP contribution is -2.39. The molecular formula is C14H16F3N3. The fourth-order valence-corrected chi connectivity index (χ4v) is 2.19. The number of hydrogen-bond donors (Lipinski definition) is 1. The van der Waals surface area contributed by atoms with Crippen LogP contribution in [-0.4, -0.2) is 23.7 Å². The van der Waals surface area contributed by atoms with Crippen LogP contribution in [0, 0.1) is 0 Å². The molecule has 0 aliphatic carbocycles. The van der Waals surface area contributed by atoms with Crippen molar-refractivity contribution in [2.45, 2.75) is 26.1 Å². The van der Waals surface area contributed by atoms with Crippen molar-refractivity contribution >= 4 is 22.1 Å². The van der Waals surface area contributed by atoms with Gasteiger partial charge >= 0.3 is 6.18 Å². The zero-order valence-corrected chi connectivity index (χ0v) is 11.3. The van der Waals surface area contributed by atoms with Crippen molar-refractivity contribution in [2.75, 3.05) is 17.2 Å².